The highest BCUT2D eigenvalue weighted by Gasteiger charge is 2.45. The van der Waals surface area contributed by atoms with Crippen LogP contribution < -0.4 is 15.4 Å². The molecule has 0 unspecified atom stereocenters. The first-order valence-electron chi connectivity index (χ1n) is 13.8. The summed E-state index contributed by atoms with van der Waals surface area (Å²) in [4.78, 5) is 16.5. The second-order valence-corrected chi connectivity index (χ2v) is 11.1. The number of hydrogen-bond acceptors (Lipinski definition) is 7. The number of hydrogen-bond donors (Lipinski definition) is 2. The molecular formula is C30H33FN6O. The number of fused-ring (bicyclic) bond motifs is 3. The van der Waals surface area contributed by atoms with E-state index in [-0.39, 0.29) is 23.1 Å². The molecule has 2 N–H and O–H groups in total. The van der Waals surface area contributed by atoms with Gasteiger partial charge in [0, 0.05) is 23.8 Å². The number of benzene rings is 2. The molecule has 0 bridgehead atoms. The van der Waals surface area contributed by atoms with Gasteiger partial charge in [0.05, 0.1) is 10.9 Å². The van der Waals surface area contributed by atoms with Crippen LogP contribution in [-0.2, 0) is 0 Å². The zero-order valence-corrected chi connectivity index (χ0v) is 21.7. The number of ether oxygens (including phenoxy) is 1. The lowest BCUT2D eigenvalue weighted by Gasteiger charge is -2.36. The minimum Gasteiger partial charge on any atom is -0.461 e. The van der Waals surface area contributed by atoms with Crippen LogP contribution in [0.4, 0.5) is 10.2 Å². The molecule has 2 aromatic carbocycles. The summed E-state index contributed by atoms with van der Waals surface area (Å²) < 4.78 is 22.6. The molecule has 196 valence electrons. The smallest absolute Gasteiger partial charge is 0.319 e. The van der Waals surface area contributed by atoms with Gasteiger partial charge in [-0.25, -0.2) is 4.39 Å². The van der Waals surface area contributed by atoms with E-state index in [9.17, 15) is 0 Å². The number of rotatable bonds is 7. The first-order chi connectivity index (χ1) is 18.6. The van der Waals surface area contributed by atoms with Crippen molar-refractivity contribution in [1.82, 2.24) is 25.2 Å². The molecule has 2 aromatic heterocycles. The van der Waals surface area contributed by atoms with Crippen molar-refractivity contribution in [3.05, 3.63) is 54.5 Å². The molecule has 4 heterocycles. The van der Waals surface area contributed by atoms with Crippen LogP contribution >= 0.6 is 0 Å². The molecule has 1 aliphatic carbocycles. The Balaban J connectivity index is 1.29. The van der Waals surface area contributed by atoms with Crippen molar-refractivity contribution >= 4 is 27.5 Å². The van der Waals surface area contributed by atoms with Crippen molar-refractivity contribution in [3.63, 3.8) is 0 Å². The third kappa shape index (κ3) is 3.98. The van der Waals surface area contributed by atoms with Crippen LogP contribution in [0.2, 0.25) is 0 Å². The fourth-order valence-corrected chi connectivity index (χ4v) is 6.66. The van der Waals surface area contributed by atoms with Crippen LogP contribution in [0.5, 0.6) is 6.01 Å². The molecule has 7 rings (SSSR count). The van der Waals surface area contributed by atoms with Crippen LogP contribution in [0.15, 0.2) is 48.7 Å². The highest BCUT2D eigenvalue weighted by atomic mass is 19.1. The van der Waals surface area contributed by atoms with Crippen LogP contribution in [-0.4, -0.2) is 64.2 Å². The van der Waals surface area contributed by atoms with Crippen molar-refractivity contribution in [2.75, 3.05) is 32.1 Å². The van der Waals surface area contributed by atoms with Gasteiger partial charge in [0.1, 0.15) is 23.6 Å². The van der Waals surface area contributed by atoms with Crippen molar-refractivity contribution in [2.45, 2.75) is 56.1 Å². The minimum atomic E-state index is -0.447. The fourth-order valence-electron chi connectivity index (χ4n) is 6.66. The fraction of sp³-hybridized carbons (Fsp3) is 0.433. The molecule has 0 atom stereocenters. The van der Waals surface area contributed by atoms with Gasteiger partial charge in [0.15, 0.2) is 5.82 Å². The summed E-state index contributed by atoms with van der Waals surface area (Å²) in [5.74, 6) is 0.144. The first-order valence-corrected chi connectivity index (χ1v) is 13.8. The average Bonchev–Trinajstić information content (AvgIpc) is 3.50. The number of pyridine rings is 1. The Morgan fingerprint density at radius 1 is 1.00 bits per heavy atom. The summed E-state index contributed by atoms with van der Waals surface area (Å²) in [5, 5.41) is 9.42. The molecule has 2 saturated heterocycles. The lowest BCUT2D eigenvalue weighted by Crippen LogP contribution is -2.46. The van der Waals surface area contributed by atoms with E-state index in [0.29, 0.717) is 29.5 Å². The maximum absolute atomic E-state index is 16.3. The topological polar surface area (TPSA) is 75.2 Å². The maximum atomic E-state index is 16.3. The van der Waals surface area contributed by atoms with Crippen LogP contribution in [0.1, 0.15) is 38.5 Å². The maximum Gasteiger partial charge on any atom is 0.319 e. The summed E-state index contributed by atoms with van der Waals surface area (Å²) in [5.41, 5.74) is 1.35. The van der Waals surface area contributed by atoms with E-state index in [1.807, 2.05) is 49.5 Å². The Labute approximate surface area is 221 Å². The Morgan fingerprint density at radius 2 is 1.79 bits per heavy atom. The Hall–Kier alpha value is -3.36. The Bertz CT molecular complexity index is 1490. The third-order valence-corrected chi connectivity index (χ3v) is 8.88. The molecule has 7 nitrogen and oxygen atoms in total. The van der Waals surface area contributed by atoms with Gasteiger partial charge in [0.2, 0.25) is 0 Å². The van der Waals surface area contributed by atoms with Gasteiger partial charge < -0.3 is 15.4 Å². The molecule has 3 aliphatic rings. The average molecular weight is 513 g/mol. The molecule has 0 amide bonds. The highest BCUT2D eigenvalue weighted by Crippen LogP contribution is 2.40. The monoisotopic (exact) mass is 512 g/mol. The summed E-state index contributed by atoms with van der Waals surface area (Å²) in [6.45, 7) is 2.78. The molecular weight excluding hydrogens is 479 g/mol. The van der Waals surface area contributed by atoms with Gasteiger partial charge in [-0.2, -0.15) is 9.97 Å². The van der Waals surface area contributed by atoms with E-state index in [0.717, 1.165) is 55.1 Å². The molecule has 1 saturated carbocycles. The zero-order chi connectivity index (χ0) is 25.7. The van der Waals surface area contributed by atoms with Gasteiger partial charge in [-0.15, -0.1) is 0 Å². The normalized spacial score (nSPS) is 22.5. The number of aromatic nitrogens is 3. The van der Waals surface area contributed by atoms with Crippen molar-refractivity contribution < 1.29 is 9.13 Å². The van der Waals surface area contributed by atoms with E-state index in [4.69, 9.17) is 9.72 Å². The van der Waals surface area contributed by atoms with Crippen LogP contribution in [0.3, 0.4) is 0 Å². The predicted molar refractivity (Wildman–Crippen MR) is 148 cm³/mol. The van der Waals surface area contributed by atoms with Gasteiger partial charge in [0.25, 0.3) is 0 Å². The van der Waals surface area contributed by atoms with Gasteiger partial charge in [-0.3, -0.25) is 9.88 Å². The summed E-state index contributed by atoms with van der Waals surface area (Å²) in [6, 6.07) is 14.8. The van der Waals surface area contributed by atoms with Crippen LogP contribution in [0, 0.1) is 5.82 Å². The van der Waals surface area contributed by atoms with Crippen LogP contribution in [0.25, 0.3) is 32.9 Å². The molecule has 0 radical (unpaired) electrons. The lowest BCUT2D eigenvalue weighted by atomic mass is 9.87. The lowest BCUT2D eigenvalue weighted by molar-refractivity contribution is 0.108. The first kappa shape index (κ1) is 23.7. The van der Waals surface area contributed by atoms with E-state index in [1.165, 1.54) is 12.8 Å². The number of nitrogens with one attached hydrogen (secondary N) is 2. The molecule has 2 aliphatic heterocycles. The number of anilines is 1. The van der Waals surface area contributed by atoms with E-state index < -0.39 is 5.82 Å². The second-order valence-electron chi connectivity index (χ2n) is 11.1. The summed E-state index contributed by atoms with van der Waals surface area (Å²) >= 11 is 0. The third-order valence-electron chi connectivity index (χ3n) is 8.88. The summed E-state index contributed by atoms with van der Waals surface area (Å²) in [7, 11) is 1.98. The van der Waals surface area contributed by atoms with E-state index >= 15 is 4.39 Å². The molecule has 0 spiro atoms. The minimum absolute atomic E-state index is 0.0603. The molecule has 4 aromatic rings. The van der Waals surface area contributed by atoms with Crippen molar-refractivity contribution in [1.29, 1.82) is 0 Å². The number of halogens is 1. The second kappa shape index (κ2) is 9.43. The molecule has 3 fully saturated rings. The SMILES string of the molecule is CNC1CC(Nc2nc(OCC34CCCN3CCC4)nc3c(F)c(-c4cccc5ccccc45)ncc23)C1. The van der Waals surface area contributed by atoms with Crippen molar-refractivity contribution in [2.24, 2.45) is 0 Å². The Morgan fingerprint density at radius 3 is 2.61 bits per heavy atom. The predicted octanol–water partition coefficient (Wildman–Crippen LogP) is 5.15. The quantitative estimate of drug-likeness (QED) is 0.355. The zero-order valence-electron chi connectivity index (χ0n) is 21.7. The summed E-state index contributed by atoms with van der Waals surface area (Å²) in [6.07, 6.45) is 8.31. The van der Waals surface area contributed by atoms with E-state index in [1.54, 1.807) is 6.20 Å². The standard InChI is InChI=1S/C30H33FN6O/c1-32-20-15-21(16-20)34-28-24-17-33-26(23-10-4-8-19-7-2-3-9-22(19)23)25(31)27(24)35-29(36-28)38-18-30-11-5-13-37(30)14-6-12-30/h2-4,7-10,17,20-21,32H,5-6,11-16,18H2,1H3,(H,34,35,36). The largest absolute Gasteiger partial charge is 0.461 e. The molecule has 8 heteroatoms. The Kier molecular flexibility index (Phi) is 5.89. The highest BCUT2D eigenvalue weighted by molar-refractivity contribution is 5.98. The van der Waals surface area contributed by atoms with Gasteiger partial charge in [-0.05, 0) is 69.4 Å². The van der Waals surface area contributed by atoms with Gasteiger partial charge in [-0.1, -0.05) is 42.5 Å². The molecule has 38 heavy (non-hydrogen) atoms. The number of nitrogens with zero attached hydrogens (tertiary/aromatic N) is 4. The van der Waals surface area contributed by atoms with Gasteiger partial charge >= 0.3 is 6.01 Å². The van der Waals surface area contributed by atoms with E-state index in [2.05, 4.69) is 25.5 Å². The van der Waals surface area contributed by atoms with Crippen molar-refractivity contribution in [3.8, 4) is 17.3 Å².